The molecule has 0 aliphatic rings. The molecule has 0 saturated carbocycles. The molecule has 0 aliphatic carbocycles. The maximum absolute atomic E-state index is 5.95. The Morgan fingerprint density at radius 3 is 2.79 bits per heavy atom. The third kappa shape index (κ3) is 1.34. The summed E-state index contributed by atoms with van der Waals surface area (Å²) in [6.07, 6.45) is 1.78. The Morgan fingerprint density at radius 1 is 1.43 bits per heavy atom. The second-order valence-electron chi connectivity index (χ2n) is 3.61. The summed E-state index contributed by atoms with van der Waals surface area (Å²) in [5.41, 5.74) is 7.72. The lowest BCUT2D eigenvalue weighted by Crippen LogP contribution is -1.97. The first-order chi connectivity index (χ1) is 6.59. The number of hydrogen-bond donors (Lipinski definition) is 1. The molecule has 2 N–H and O–H groups in total. The summed E-state index contributed by atoms with van der Waals surface area (Å²) in [6.45, 7) is 4.14. The molecule has 2 aromatic heterocycles. The summed E-state index contributed by atoms with van der Waals surface area (Å²) >= 11 is 5.88. The minimum absolute atomic E-state index is 0.327. The van der Waals surface area contributed by atoms with Crippen molar-refractivity contribution < 1.29 is 0 Å². The quantitative estimate of drug-likeness (QED) is 0.785. The lowest BCUT2D eigenvalue weighted by atomic mass is 10.1. The van der Waals surface area contributed by atoms with E-state index in [9.17, 15) is 0 Å². The number of nitrogens with zero attached hydrogens (tertiary/aromatic N) is 2. The molecule has 0 unspecified atom stereocenters. The second-order valence-corrected chi connectivity index (χ2v) is 4.05. The predicted octanol–water partition coefficient (Wildman–Crippen LogP) is 2.69. The summed E-state index contributed by atoms with van der Waals surface area (Å²) in [5, 5.41) is 0.664. The molecule has 0 aromatic carbocycles. The van der Waals surface area contributed by atoms with Crippen LogP contribution in [-0.2, 0) is 0 Å². The van der Waals surface area contributed by atoms with Crippen molar-refractivity contribution in [2.75, 3.05) is 5.73 Å². The van der Waals surface area contributed by atoms with Crippen molar-refractivity contribution in [2.45, 2.75) is 19.8 Å². The smallest absolute Gasteiger partial charge is 0.138 e. The predicted molar refractivity (Wildman–Crippen MR) is 58.7 cm³/mol. The highest BCUT2D eigenvalue weighted by Crippen LogP contribution is 2.23. The van der Waals surface area contributed by atoms with Gasteiger partial charge in [-0.25, -0.2) is 4.98 Å². The summed E-state index contributed by atoms with van der Waals surface area (Å²) < 4.78 is 1.82. The summed E-state index contributed by atoms with van der Waals surface area (Å²) in [4.78, 5) is 4.43. The monoisotopic (exact) mass is 209 g/mol. The fraction of sp³-hybridized carbons (Fsp3) is 0.300. The van der Waals surface area contributed by atoms with E-state index < -0.39 is 0 Å². The minimum atomic E-state index is 0.327. The molecule has 0 atom stereocenters. The lowest BCUT2D eigenvalue weighted by Gasteiger charge is -2.00. The zero-order chi connectivity index (χ0) is 10.3. The first kappa shape index (κ1) is 9.34. The van der Waals surface area contributed by atoms with E-state index in [-0.39, 0.29) is 0 Å². The molecule has 0 saturated heterocycles. The average molecular weight is 210 g/mol. The van der Waals surface area contributed by atoms with Crippen LogP contribution in [0.5, 0.6) is 0 Å². The molecule has 2 rings (SSSR count). The molecule has 0 amide bonds. The van der Waals surface area contributed by atoms with E-state index in [4.69, 9.17) is 17.3 Å². The van der Waals surface area contributed by atoms with Crippen LogP contribution in [0.1, 0.15) is 25.5 Å². The van der Waals surface area contributed by atoms with E-state index >= 15 is 0 Å². The van der Waals surface area contributed by atoms with Crippen LogP contribution >= 0.6 is 11.6 Å². The summed E-state index contributed by atoms with van der Waals surface area (Å²) in [6, 6.07) is 3.68. The third-order valence-corrected chi connectivity index (χ3v) is 2.42. The van der Waals surface area contributed by atoms with Crippen molar-refractivity contribution in [3.63, 3.8) is 0 Å². The molecule has 0 aliphatic heterocycles. The maximum Gasteiger partial charge on any atom is 0.138 e. The van der Waals surface area contributed by atoms with Gasteiger partial charge in [-0.3, -0.25) is 4.40 Å². The Bertz CT molecular complexity index is 473. The zero-order valence-corrected chi connectivity index (χ0v) is 8.92. The van der Waals surface area contributed by atoms with Gasteiger partial charge in [0.25, 0.3) is 0 Å². The Labute approximate surface area is 87.5 Å². The normalized spacial score (nSPS) is 11.4. The van der Waals surface area contributed by atoms with Crippen LogP contribution < -0.4 is 5.73 Å². The van der Waals surface area contributed by atoms with Gasteiger partial charge >= 0.3 is 0 Å². The highest BCUT2D eigenvalue weighted by molar-refractivity contribution is 6.30. The van der Waals surface area contributed by atoms with Gasteiger partial charge < -0.3 is 5.73 Å². The van der Waals surface area contributed by atoms with Gasteiger partial charge in [0.05, 0.1) is 10.7 Å². The van der Waals surface area contributed by atoms with E-state index in [1.54, 1.807) is 6.20 Å². The first-order valence-electron chi connectivity index (χ1n) is 4.52. The molecule has 74 valence electrons. The van der Waals surface area contributed by atoms with Gasteiger partial charge in [0.2, 0.25) is 0 Å². The van der Waals surface area contributed by atoms with E-state index in [2.05, 4.69) is 18.8 Å². The van der Waals surface area contributed by atoms with Crippen LogP contribution in [-0.4, -0.2) is 9.38 Å². The molecule has 2 heterocycles. The lowest BCUT2D eigenvalue weighted by molar-refractivity contribution is 0.838. The molecular formula is C10H12ClN3. The van der Waals surface area contributed by atoms with Crippen molar-refractivity contribution in [1.29, 1.82) is 0 Å². The number of anilines is 1. The van der Waals surface area contributed by atoms with Gasteiger partial charge in [-0.15, -0.1) is 0 Å². The van der Waals surface area contributed by atoms with Crippen molar-refractivity contribution in [3.05, 3.63) is 29.0 Å². The van der Waals surface area contributed by atoms with Gasteiger partial charge in [-0.1, -0.05) is 25.4 Å². The van der Waals surface area contributed by atoms with Crippen molar-refractivity contribution in [1.82, 2.24) is 9.38 Å². The SMILES string of the molecule is CC(C)c1nc2ccc(Cl)cn2c1N. The number of rotatable bonds is 1. The van der Waals surface area contributed by atoms with E-state index in [1.165, 1.54) is 0 Å². The first-order valence-corrected chi connectivity index (χ1v) is 4.90. The third-order valence-electron chi connectivity index (χ3n) is 2.19. The fourth-order valence-corrected chi connectivity index (χ4v) is 1.64. The number of fused-ring (bicyclic) bond motifs is 1. The van der Waals surface area contributed by atoms with Crippen molar-refractivity contribution in [3.8, 4) is 0 Å². The Morgan fingerprint density at radius 2 is 2.14 bits per heavy atom. The Balaban J connectivity index is 2.74. The number of nitrogen functional groups attached to an aromatic ring is 1. The van der Waals surface area contributed by atoms with E-state index in [0.717, 1.165) is 11.3 Å². The molecule has 0 bridgehead atoms. The molecule has 4 heteroatoms. The van der Waals surface area contributed by atoms with Gasteiger partial charge in [-0.2, -0.15) is 0 Å². The number of nitrogens with two attached hydrogens (primary N) is 1. The van der Waals surface area contributed by atoms with Crippen molar-refractivity contribution >= 4 is 23.1 Å². The molecule has 14 heavy (non-hydrogen) atoms. The second kappa shape index (κ2) is 3.17. The van der Waals surface area contributed by atoms with Crippen LogP contribution in [0.4, 0.5) is 5.82 Å². The number of aromatic nitrogens is 2. The fourth-order valence-electron chi connectivity index (χ4n) is 1.48. The van der Waals surface area contributed by atoms with Crippen molar-refractivity contribution in [2.24, 2.45) is 0 Å². The summed E-state index contributed by atoms with van der Waals surface area (Å²) in [5.74, 6) is 1.01. The molecule has 3 nitrogen and oxygen atoms in total. The van der Waals surface area contributed by atoms with Crippen LogP contribution in [0.25, 0.3) is 5.65 Å². The standard InChI is InChI=1S/C10H12ClN3/c1-6(2)9-10(12)14-5-7(11)3-4-8(14)13-9/h3-6H,12H2,1-2H3. The maximum atomic E-state index is 5.95. The number of halogens is 1. The van der Waals surface area contributed by atoms with E-state index in [1.807, 2.05) is 16.5 Å². The Hall–Kier alpha value is -1.22. The van der Waals surface area contributed by atoms with Crippen LogP contribution in [0.3, 0.4) is 0 Å². The minimum Gasteiger partial charge on any atom is -0.383 e. The highest BCUT2D eigenvalue weighted by Gasteiger charge is 2.11. The molecule has 0 radical (unpaired) electrons. The van der Waals surface area contributed by atoms with Gasteiger partial charge in [0.15, 0.2) is 0 Å². The van der Waals surface area contributed by atoms with E-state index in [0.29, 0.717) is 16.8 Å². The Kier molecular flexibility index (Phi) is 2.11. The number of pyridine rings is 1. The average Bonchev–Trinajstić information content (AvgIpc) is 2.44. The van der Waals surface area contributed by atoms with Crippen LogP contribution in [0.2, 0.25) is 5.02 Å². The summed E-state index contributed by atoms with van der Waals surface area (Å²) in [7, 11) is 0. The topological polar surface area (TPSA) is 43.3 Å². The van der Waals surface area contributed by atoms with Crippen LogP contribution in [0.15, 0.2) is 18.3 Å². The molecule has 0 fully saturated rings. The molecule has 0 spiro atoms. The highest BCUT2D eigenvalue weighted by atomic mass is 35.5. The molecular weight excluding hydrogens is 198 g/mol. The number of imidazole rings is 1. The largest absolute Gasteiger partial charge is 0.383 e. The van der Waals surface area contributed by atoms with Gasteiger partial charge in [-0.05, 0) is 18.1 Å². The number of hydrogen-bond acceptors (Lipinski definition) is 2. The zero-order valence-electron chi connectivity index (χ0n) is 8.16. The van der Waals surface area contributed by atoms with Crippen LogP contribution in [0, 0.1) is 0 Å². The van der Waals surface area contributed by atoms with Gasteiger partial charge in [0.1, 0.15) is 11.5 Å². The molecule has 2 aromatic rings. The van der Waals surface area contributed by atoms with Gasteiger partial charge in [0, 0.05) is 6.20 Å².